The minimum absolute atomic E-state index is 0.0000182. The summed E-state index contributed by atoms with van der Waals surface area (Å²) in [7, 11) is 0. The summed E-state index contributed by atoms with van der Waals surface area (Å²) >= 11 is 0. The van der Waals surface area contributed by atoms with Gasteiger partial charge in [-0.3, -0.25) is 9.59 Å². The number of anilines is 1. The quantitative estimate of drug-likeness (QED) is 0.837. The lowest BCUT2D eigenvalue weighted by atomic mass is 9.92. The van der Waals surface area contributed by atoms with Crippen LogP contribution < -0.4 is 5.32 Å². The monoisotopic (exact) mass is 316 g/mol. The summed E-state index contributed by atoms with van der Waals surface area (Å²) in [6.45, 7) is 4.67. The zero-order valence-electron chi connectivity index (χ0n) is 13.7. The first-order valence-corrected chi connectivity index (χ1v) is 7.98. The molecule has 23 heavy (non-hydrogen) atoms. The smallest absolute Gasteiger partial charge is 0.246 e. The number of rotatable bonds is 4. The normalized spacial score (nSPS) is 17.3. The number of aliphatic hydroxyl groups excluding tert-OH is 1. The minimum Gasteiger partial charge on any atom is -0.393 e. The van der Waals surface area contributed by atoms with Crippen LogP contribution in [0.25, 0.3) is 6.08 Å². The van der Waals surface area contributed by atoms with E-state index >= 15 is 0 Å². The van der Waals surface area contributed by atoms with Gasteiger partial charge in [0.15, 0.2) is 0 Å². The highest BCUT2D eigenvalue weighted by atomic mass is 16.3. The standard InChI is InChI=1S/C18H24N2O3/c1-13(21)16-9-11-20(12-10-16)18(23)8-5-15-3-6-17(7-4-15)19-14(2)22/h3-8,13,16,21H,9-12H2,1-2H3,(H,19,22). The molecule has 1 aliphatic rings. The topological polar surface area (TPSA) is 69.6 Å². The Labute approximate surface area is 137 Å². The van der Waals surface area contributed by atoms with E-state index in [4.69, 9.17) is 0 Å². The lowest BCUT2D eigenvalue weighted by Crippen LogP contribution is -2.39. The number of piperidine rings is 1. The van der Waals surface area contributed by atoms with Crippen LogP contribution in [0, 0.1) is 5.92 Å². The number of nitrogens with zero attached hydrogens (tertiary/aromatic N) is 1. The van der Waals surface area contributed by atoms with E-state index in [1.165, 1.54) is 6.92 Å². The zero-order chi connectivity index (χ0) is 16.8. The molecule has 0 bridgehead atoms. The van der Waals surface area contributed by atoms with E-state index in [0.717, 1.165) is 24.1 Å². The van der Waals surface area contributed by atoms with Crippen LogP contribution in [-0.4, -0.2) is 41.0 Å². The number of hydrogen-bond donors (Lipinski definition) is 2. The molecule has 1 heterocycles. The average Bonchev–Trinajstić information content (AvgIpc) is 2.53. The molecule has 2 rings (SSSR count). The van der Waals surface area contributed by atoms with Gasteiger partial charge in [-0.05, 0) is 49.5 Å². The molecule has 0 aliphatic carbocycles. The Morgan fingerprint density at radius 1 is 1.26 bits per heavy atom. The third-order valence-electron chi connectivity index (χ3n) is 4.18. The van der Waals surface area contributed by atoms with E-state index in [9.17, 15) is 14.7 Å². The molecule has 0 aromatic heterocycles. The van der Waals surface area contributed by atoms with Gasteiger partial charge in [-0.1, -0.05) is 12.1 Å². The maximum Gasteiger partial charge on any atom is 0.246 e. The second-order valence-corrected chi connectivity index (χ2v) is 6.04. The maximum atomic E-state index is 12.2. The van der Waals surface area contributed by atoms with E-state index < -0.39 is 0 Å². The first-order valence-electron chi connectivity index (χ1n) is 7.98. The van der Waals surface area contributed by atoms with E-state index in [0.29, 0.717) is 19.0 Å². The Bertz CT molecular complexity index is 570. The lowest BCUT2D eigenvalue weighted by molar-refractivity contribution is -0.127. The van der Waals surface area contributed by atoms with Crippen molar-refractivity contribution >= 4 is 23.6 Å². The second kappa shape index (κ2) is 7.92. The third kappa shape index (κ3) is 5.21. The van der Waals surface area contributed by atoms with E-state index in [1.54, 1.807) is 24.3 Å². The van der Waals surface area contributed by atoms with Gasteiger partial charge >= 0.3 is 0 Å². The Hall–Kier alpha value is -2.14. The molecular weight excluding hydrogens is 292 g/mol. The number of aliphatic hydroxyl groups is 1. The second-order valence-electron chi connectivity index (χ2n) is 6.04. The van der Waals surface area contributed by atoms with Crippen molar-refractivity contribution in [3.8, 4) is 0 Å². The van der Waals surface area contributed by atoms with Crippen molar-refractivity contribution in [2.45, 2.75) is 32.8 Å². The van der Waals surface area contributed by atoms with Crippen LogP contribution in [0.3, 0.4) is 0 Å². The number of benzene rings is 1. The highest BCUT2D eigenvalue weighted by Gasteiger charge is 2.24. The molecule has 0 spiro atoms. The summed E-state index contributed by atoms with van der Waals surface area (Å²) in [5.41, 5.74) is 1.65. The molecule has 124 valence electrons. The Morgan fingerprint density at radius 3 is 2.39 bits per heavy atom. The third-order valence-corrected chi connectivity index (χ3v) is 4.18. The van der Waals surface area contributed by atoms with Crippen molar-refractivity contribution in [2.24, 2.45) is 5.92 Å². The van der Waals surface area contributed by atoms with E-state index in [-0.39, 0.29) is 17.9 Å². The molecular formula is C18H24N2O3. The minimum atomic E-state index is -0.301. The van der Waals surface area contributed by atoms with Crippen molar-refractivity contribution in [3.05, 3.63) is 35.9 Å². The largest absolute Gasteiger partial charge is 0.393 e. The van der Waals surface area contributed by atoms with Crippen LogP contribution >= 0.6 is 0 Å². The highest BCUT2D eigenvalue weighted by molar-refractivity contribution is 5.92. The van der Waals surface area contributed by atoms with Crippen LogP contribution in [-0.2, 0) is 9.59 Å². The fourth-order valence-electron chi connectivity index (χ4n) is 2.76. The number of amides is 2. The maximum absolute atomic E-state index is 12.2. The van der Waals surface area contributed by atoms with Gasteiger partial charge in [0.1, 0.15) is 0 Å². The first kappa shape index (κ1) is 17.2. The molecule has 1 fully saturated rings. The fraction of sp³-hybridized carbons (Fsp3) is 0.444. The molecule has 2 N–H and O–H groups in total. The molecule has 1 unspecified atom stereocenters. The number of hydrogen-bond acceptors (Lipinski definition) is 3. The van der Waals surface area contributed by atoms with E-state index in [1.807, 2.05) is 24.0 Å². The zero-order valence-corrected chi connectivity index (χ0v) is 13.7. The van der Waals surface area contributed by atoms with Gasteiger partial charge in [0, 0.05) is 31.8 Å². The summed E-state index contributed by atoms with van der Waals surface area (Å²) in [6.07, 6.45) is 4.76. The van der Waals surface area contributed by atoms with Gasteiger partial charge in [-0.2, -0.15) is 0 Å². The van der Waals surface area contributed by atoms with Crippen molar-refractivity contribution < 1.29 is 14.7 Å². The summed E-state index contributed by atoms with van der Waals surface area (Å²) in [4.78, 5) is 25.0. The lowest BCUT2D eigenvalue weighted by Gasteiger charge is -2.32. The summed E-state index contributed by atoms with van der Waals surface area (Å²) < 4.78 is 0. The fourth-order valence-corrected chi connectivity index (χ4v) is 2.76. The predicted molar refractivity (Wildman–Crippen MR) is 90.8 cm³/mol. The van der Waals surface area contributed by atoms with Crippen LogP contribution in [0.2, 0.25) is 0 Å². The first-order chi connectivity index (χ1) is 11.0. The molecule has 0 radical (unpaired) electrons. The molecule has 2 amide bonds. The van der Waals surface area contributed by atoms with Gasteiger partial charge in [-0.15, -0.1) is 0 Å². The summed E-state index contributed by atoms with van der Waals surface area (Å²) in [5, 5.41) is 12.3. The number of nitrogens with one attached hydrogen (secondary N) is 1. The van der Waals surface area contributed by atoms with Crippen LogP contribution in [0.15, 0.2) is 30.3 Å². The highest BCUT2D eigenvalue weighted by Crippen LogP contribution is 2.20. The SMILES string of the molecule is CC(=O)Nc1ccc(C=CC(=O)N2CCC(C(C)O)CC2)cc1. The Morgan fingerprint density at radius 2 is 1.87 bits per heavy atom. The van der Waals surface area contributed by atoms with E-state index in [2.05, 4.69) is 5.32 Å². The molecule has 1 aromatic rings. The van der Waals surface area contributed by atoms with Gasteiger partial charge in [-0.25, -0.2) is 0 Å². The predicted octanol–water partition coefficient (Wildman–Crippen LogP) is 2.28. The average molecular weight is 316 g/mol. The Kier molecular flexibility index (Phi) is 5.93. The van der Waals surface area contributed by atoms with Crippen molar-refractivity contribution in [2.75, 3.05) is 18.4 Å². The molecule has 1 saturated heterocycles. The van der Waals surface area contributed by atoms with Gasteiger partial charge in [0.2, 0.25) is 11.8 Å². The van der Waals surface area contributed by atoms with Crippen molar-refractivity contribution in [1.82, 2.24) is 4.90 Å². The van der Waals surface area contributed by atoms with Gasteiger partial charge < -0.3 is 15.3 Å². The van der Waals surface area contributed by atoms with Gasteiger partial charge in [0.05, 0.1) is 6.10 Å². The molecule has 5 nitrogen and oxygen atoms in total. The number of likely N-dealkylation sites (tertiary alicyclic amines) is 1. The number of carbonyl (C=O) groups is 2. The number of carbonyl (C=O) groups excluding carboxylic acids is 2. The summed E-state index contributed by atoms with van der Waals surface area (Å²) in [5.74, 6) is 0.188. The molecule has 5 heteroatoms. The van der Waals surface area contributed by atoms with Crippen LogP contribution in [0.5, 0.6) is 0 Å². The molecule has 0 saturated carbocycles. The van der Waals surface area contributed by atoms with Crippen LogP contribution in [0.1, 0.15) is 32.3 Å². The van der Waals surface area contributed by atoms with Gasteiger partial charge in [0.25, 0.3) is 0 Å². The molecule has 1 aliphatic heterocycles. The molecule has 1 atom stereocenters. The Balaban J connectivity index is 1.87. The van der Waals surface area contributed by atoms with Crippen molar-refractivity contribution in [3.63, 3.8) is 0 Å². The van der Waals surface area contributed by atoms with Crippen molar-refractivity contribution in [1.29, 1.82) is 0 Å². The molecule has 1 aromatic carbocycles. The van der Waals surface area contributed by atoms with Crippen LogP contribution in [0.4, 0.5) is 5.69 Å². The summed E-state index contributed by atoms with van der Waals surface area (Å²) in [6, 6.07) is 7.32.